The lowest BCUT2D eigenvalue weighted by Gasteiger charge is -2.32. The van der Waals surface area contributed by atoms with Gasteiger partial charge < -0.3 is 0 Å². The Morgan fingerprint density at radius 1 is 1.17 bits per heavy atom. The summed E-state index contributed by atoms with van der Waals surface area (Å²) in [6.07, 6.45) is 11.1. The average Bonchev–Trinajstić information content (AvgIpc) is 2.35. The van der Waals surface area contributed by atoms with Crippen LogP contribution in [0.25, 0.3) is 0 Å². The Morgan fingerprint density at radius 2 is 1.72 bits per heavy atom. The monoisotopic (exact) mass is 247 g/mol. The molecule has 0 N–H and O–H groups in total. The lowest BCUT2D eigenvalue weighted by molar-refractivity contribution is 0.445. The molecule has 0 heterocycles. The molecule has 0 spiro atoms. The Morgan fingerprint density at radius 3 is 2.06 bits per heavy atom. The largest absolute Gasteiger partial charge is 0.103 e. The van der Waals surface area contributed by atoms with E-state index in [9.17, 15) is 0 Å². The van der Waals surface area contributed by atoms with Crippen LogP contribution in [0.4, 0.5) is 0 Å². The van der Waals surface area contributed by atoms with E-state index in [1.807, 2.05) is 6.08 Å². The molecule has 0 nitrogen and oxygen atoms in total. The highest BCUT2D eigenvalue weighted by Gasteiger charge is 2.26. The van der Waals surface area contributed by atoms with Crippen LogP contribution in [0.5, 0.6) is 0 Å². The Kier molecular flexibility index (Phi) is 6.67. The van der Waals surface area contributed by atoms with Crippen LogP contribution >= 0.6 is 0 Å². The SMILES string of the molecule is C=CC([CH]C(C)(C)C(C)=CC(C)(C=C)CC)CC. The van der Waals surface area contributed by atoms with E-state index in [1.165, 1.54) is 5.57 Å². The molecule has 0 aliphatic carbocycles. The van der Waals surface area contributed by atoms with Crippen LogP contribution in [0.15, 0.2) is 37.0 Å². The smallest absolute Gasteiger partial charge is 0.00301 e. The minimum atomic E-state index is 0.102. The predicted molar refractivity (Wildman–Crippen MR) is 84.4 cm³/mol. The molecular formula is C18H31. The lowest BCUT2D eigenvalue weighted by Crippen LogP contribution is -2.20. The molecule has 18 heavy (non-hydrogen) atoms. The Hall–Kier alpha value is -0.780. The zero-order valence-corrected chi connectivity index (χ0v) is 13.2. The van der Waals surface area contributed by atoms with Gasteiger partial charge in [-0.05, 0) is 37.5 Å². The summed E-state index contributed by atoms with van der Waals surface area (Å²) < 4.78 is 0. The summed E-state index contributed by atoms with van der Waals surface area (Å²) in [5.41, 5.74) is 1.62. The summed E-state index contributed by atoms with van der Waals surface area (Å²) in [5, 5.41) is 0. The molecule has 0 aromatic carbocycles. The molecule has 103 valence electrons. The molecular weight excluding hydrogens is 216 g/mol. The maximum Gasteiger partial charge on any atom is 0.00301 e. The summed E-state index contributed by atoms with van der Waals surface area (Å²) in [5.74, 6) is 0.486. The second-order valence-corrected chi connectivity index (χ2v) is 6.09. The predicted octanol–water partition coefficient (Wildman–Crippen LogP) is 5.98. The first kappa shape index (κ1) is 17.2. The molecule has 2 unspecified atom stereocenters. The molecule has 0 rings (SSSR count). The quantitative estimate of drug-likeness (QED) is 0.463. The van der Waals surface area contributed by atoms with E-state index in [4.69, 9.17) is 0 Å². The minimum absolute atomic E-state index is 0.102. The van der Waals surface area contributed by atoms with Crippen molar-refractivity contribution in [2.45, 2.75) is 54.4 Å². The Bertz CT molecular complexity index is 306. The van der Waals surface area contributed by atoms with Crippen molar-refractivity contribution in [3.63, 3.8) is 0 Å². The molecule has 0 heteroatoms. The van der Waals surface area contributed by atoms with E-state index < -0.39 is 0 Å². The van der Waals surface area contributed by atoms with Crippen LogP contribution in [0.2, 0.25) is 0 Å². The molecule has 1 radical (unpaired) electrons. The summed E-state index contributed by atoms with van der Waals surface area (Å²) in [6.45, 7) is 21.3. The normalized spacial score (nSPS) is 18.0. The molecule has 2 atom stereocenters. The van der Waals surface area contributed by atoms with Crippen molar-refractivity contribution in [2.75, 3.05) is 0 Å². The molecule has 0 saturated heterocycles. The summed E-state index contributed by atoms with van der Waals surface area (Å²) >= 11 is 0. The Balaban J connectivity index is 5.04. The highest BCUT2D eigenvalue weighted by Crippen LogP contribution is 2.37. The van der Waals surface area contributed by atoms with Gasteiger partial charge in [-0.25, -0.2) is 0 Å². The zero-order valence-electron chi connectivity index (χ0n) is 13.2. The first-order chi connectivity index (χ1) is 8.24. The number of rotatable bonds is 8. The van der Waals surface area contributed by atoms with Gasteiger partial charge in [0.15, 0.2) is 0 Å². The summed E-state index contributed by atoms with van der Waals surface area (Å²) in [6, 6.07) is 0. The van der Waals surface area contributed by atoms with Crippen LogP contribution in [0.3, 0.4) is 0 Å². The van der Waals surface area contributed by atoms with E-state index in [2.05, 4.69) is 73.3 Å². The third kappa shape index (κ3) is 4.84. The van der Waals surface area contributed by atoms with Crippen LogP contribution in [0, 0.1) is 23.2 Å². The summed E-state index contributed by atoms with van der Waals surface area (Å²) in [4.78, 5) is 0. The van der Waals surface area contributed by atoms with Crippen molar-refractivity contribution in [2.24, 2.45) is 16.7 Å². The third-order valence-electron chi connectivity index (χ3n) is 4.20. The van der Waals surface area contributed by atoms with Gasteiger partial charge in [0.05, 0.1) is 0 Å². The van der Waals surface area contributed by atoms with Crippen molar-refractivity contribution >= 4 is 0 Å². The highest BCUT2D eigenvalue weighted by atomic mass is 14.3. The van der Waals surface area contributed by atoms with Crippen molar-refractivity contribution < 1.29 is 0 Å². The van der Waals surface area contributed by atoms with Gasteiger partial charge in [-0.1, -0.05) is 58.4 Å². The fourth-order valence-electron chi connectivity index (χ4n) is 2.01. The first-order valence-corrected chi connectivity index (χ1v) is 7.06. The van der Waals surface area contributed by atoms with Crippen molar-refractivity contribution in [3.05, 3.63) is 43.4 Å². The Labute approximate surface area is 115 Å². The van der Waals surface area contributed by atoms with Gasteiger partial charge in [-0.15, -0.1) is 13.2 Å². The standard InChI is InChI=1S/C18H31/c1-9-16(10-2)14-17(6,7)15(5)13-18(8,11-3)12-4/h9,11,13-14,16H,1,3,10,12H2,2,4-8H3. The third-order valence-corrected chi connectivity index (χ3v) is 4.20. The van der Waals surface area contributed by atoms with E-state index in [-0.39, 0.29) is 10.8 Å². The average molecular weight is 247 g/mol. The van der Waals surface area contributed by atoms with Gasteiger partial charge >= 0.3 is 0 Å². The molecule has 0 aliphatic heterocycles. The van der Waals surface area contributed by atoms with Crippen molar-refractivity contribution in [3.8, 4) is 0 Å². The van der Waals surface area contributed by atoms with Crippen LogP contribution < -0.4 is 0 Å². The fourth-order valence-corrected chi connectivity index (χ4v) is 2.01. The van der Waals surface area contributed by atoms with Gasteiger partial charge in [0.1, 0.15) is 0 Å². The molecule has 0 aromatic heterocycles. The molecule has 0 bridgehead atoms. The van der Waals surface area contributed by atoms with Crippen LogP contribution in [-0.2, 0) is 0 Å². The van der Waals surface area contributed by atoms with Crippen molar-refractivity contribution in [1.82, 2.24) is 0 Å². The zero-order chi connectivity index (χ0) is 14.4. The van der Waals surface area contributed by atoms with Gasteiger partial charge in [-0.3, -0.25) is 0 Å². The molecule has 0 aliphatic rings. The van der Waals surface area contributed by atoms with Gasteiger partial charge in [0, 0.05) is 5.41 Å². The maximum atomic E-state index is 3.96. The number of allylic oxidation sites excluding steroid dienone is 4. The van der Waals surface area contributed by atoms with Crippen molar-refractivity contribution in [1.29, 1.82) is 0 Å². The highest BCUT2D eigenvalue weighted by molar-refractivity contribution is 5.22. The fraction of sp³-hybridized carbons (Fsp3) is 0.611. The second kappa shape index (κ2) is 6.97. The second-order valence-electron chi connectivity index (χ2n) is 6.09. The molecule has 0 aromatic rings. The van der Waals surface area contributed by atoms with Gasteiger partial charge in [0.2, 0.25) is 0 Å². The topological polar surface area (TPSA) is 0 Å². The number of hydrogen-bond acceptors (Lipinski definition) is 0. The minimum Gasteiger partial charge on any atom is -0.103 e. The first-order valence-electron chi connectivity index (χ1n) is 7.06. The summed E-state index contributed by atoms with van der Waals surface area (Å²) in [7, 11) is 0. The van der Waals surface area contributed by atoms with E-state index in [0.717, 1.165) is 12.8 Å². The molecule has 0 fully saturated rings. The van der Waals surface area contributed by atoms with Crippen LogP contribution in [0.1, 0.15) is 54.4 Å². The molecule has 0 amide bonds. The van der Waals surface area contributed by atoms with E-state index in [0.29, 0.717) is 5.92 Å². The number of hydrogen-bond donors (Lipinski definition) is 0. The lowest BCUT2D eigenvalue weighted by atomic mass is 9.73. The van der Waals surface area contributed by atoms with Crippen LogP contribution in [-0.4, -0.2) is 0 Å². The molecule has 0 saturated carbocycles. The van der Waals surface area contributed by atoms with E-state index >= 15 is 0 Å². The van der Waals surface area contributed by atoms with E-state index in [1.54, 1.807) is 0 Å². The van der Waals surface area contributed by atoms with Gasteiger partial charge in [-0.2, -0.15) is 0 Å². The maximum absolute atomic E-state index is 3.96. The van der Waals surface area contributed by atoms with Gasteiger partial charge in [0.25, 0.3) is 0 Å².